The Kier molecular flexibility index (Phi) is 7.65. The molecule has 1 amide bonds. The molecule has 10 heteroatoms. The van der Waals surface area contributed by atoms with Gasteiger partial charge >= 0.3 is 0 Å². The molecule has 176 valence electrons. The maximum atomic E-state index is 13.7. The number of hydrogen-bond acceptors (Lipinski definition) is 7. The number of para-hydroxylation sites is 1. The summed E-state index contributed by atoms with van der Waals surface area (Å²) in [6, 6.07) is 11.9. The molecular formula is C23H26ClN3O4S2. The number of rotatable bonds is 8. The summed E-state index contributed by atoms with van der Waals surface area (Å²) in [6.45, 7) is 5.95. The van der Waals surface area contributed by atoms with E-state index in [0.717, 1.165) is 30.8 Å². The van der Waals surface area contributed by atoms with Crippen molar-refractivity contribution < 1.29 is 17.9 Å². The smallest absolute Gasteiger partial charge is 0.261 e. The van der Waals surface area contributed by atoms with Gasteiger partial charge in [-0.3, -0.25) is 14.6 Å². The van der Waals surface area contributed by atoms with Crippen molar-refractivity contribution in [1.29, 1.82) is 0 Å². The van der Waals surface area contributed by atoms with Gasteiger partial charge in [0.2, 0.25) is 0 Å². The Hall–Kier alpha value is -2.04. The zero-order chi connectivity index (χ0) is 23.4. The summed E-state index contributed by atoms with van der Waals surface area (Å²) in [5, 5.41) is 1.03. The lowest BCUT2D eigenvalue weighted by molar-refractivity contribution is 0.0376. The molecule has 0 N–H and O–H groups in total. The van der Waals surface area contributed by atoms with Crippen molar-refractivity contribution in [2.24, 2.45) is 0 Å². The van der Waals surface area contributed by atoms with Gasteiger partial charge in [0.25, 0.3) is 5.91 Å². The van der Waals surface area contributed by atoms with Crippen molar-refractivity contribution >= 4 is 54.0 Å². The van der Waals surface area contributed by atoms with Crippen molar-refractivity contribution in [3.63, 3.8) is 0 Å². The number of benzene rings is 2. The maximum absolute atomic E-state index is 13.7. The van der Waals surface area contributed by atoms with Gasteiger partial charge < -0.3 is 4.74 Å². The molecule has 1 fully saturated rings. The van der Waals surface area contributed by atoms with Crippen molar-refractivity contribution in [3.8, 4) is 0 Å². The third-order valence-corrected chi connectivity index (χ3v) is 8.76. The average molecular weight is 508 g/mol. The van der Waals surface area contributed by atoms with Gasteiger partial charge in [-0.15, -0.1) is 0 Å². The molecule has 0 saturated carbocycles. The fourth-order valence-corrected chi connectivity index (χ4v) is 6.17. The number of halogens is 1. The molecule has 7 nitrogen and oxygen atoms in total. The number of aromatic nitrogens is 1. The number of amides is 1. The van der Waals surface area contributed by atoms with E-state index in [1.807, 2.05) is 12.1 Å². The van der Waals surface area contributed by atoms with Crippen LogP contribution in [0.5, 0.6) is 0 Å². The molecule has 1 aromatic heterocycles. The lowest BCUT2D eigenvalue weighted by Crippen LogP contribution is -2.39. The fraction of sp³-hybridized carbons (Fsp3) is 0.391. The van der Waals surface area contributed by atoms with Gasteiger partial charge in [-0.1, -0.05) is 48.1 Å². The zero-order valence-electron chi connectivity index (χ0n) is 18.4. The van der Waals surface area contributed by atoms with Crippen molar-refractivity contribution in [2.75, 3.05) is 50.0 Å². The van der Waals surface area contributed by atoms with Crippen LogP contribution < -0.4 is 4.90 Å². The molecule has 33 heavy (non-hydrogen) atoms. The van der Waals surface area contributed by atoms with E-state index < -0.39 is 9.84 Å². The molecule has 0 unspecified atom stereocenters. The predicted octanol–water partition coefficient (Wildman–Crippen LogP) is 4.11. The molecule has 2 aromatic carbocycles. The number of carbonyl (C=O) groups is 1. The van der Waals surface area contributed by atoms with Crippen LogP contribution in [0.15, 0.2) is 47.4 Å². The highest BCUT2D eigenvalue weighted by molar-refractivity contribution is 7.91. The van der Waals surface area contributed by atoms with Crippen LogP contribution in [0.2, 0.25) is 5.02 Å². The highest BCUT2D eigenvalue weighted by atomic mass is 35.5. The van der Waals surface area contributed by atoms with Crippen LogP contribution in [0.1, 0.15) is 23.7 Å². The quantitative estimate of drug-likeness (QED) is 0.456. The van der Waals surface area contributed by atoms with E-state index in [4.69, 9.17) is 16.3 Å². The summed E-state index contributed by atoms with van der Waals surface area (Å²) < 4.78 is 31.6. The minimum atomic E-state index is -3.57. The summed E-state index contributed by atoms with van der Waals surface area (Å²) in [5.74, 6) is -0.454. The molecule has 0 aliphatic carbocycles. The molecule has 0 radical (unpaired) electrons. The van der Waals surface area contributed by atoms with E-state index in [2.05, 4.69) is 9.88 Å². The first-order chi connectivity index (χ1) is 15.9. The van der Waals surface area contributed by atoms with Gasteiger partial charge in [0.15, 0.2) is 15.0 Å². The number of hydrogen-bond donors (Lipinski definition) is 0. The van der Waals surface area contributed by atoms with Gasteiger partial charge in [-0.2, -0.15) is 0 Å². The van der Waals surface area contributed by atoms with Gasteiger partial charge in [0.05, 0.1) is 39.1 Å². The van der Waals surface area contributed by atoms with E-state index in [0.29, 0.717) is 35.4 Å². The zero-order valence-corrected chi connectivity index (χ0v) is 20.8. The molecule has 4 rings (SSSR count). The molecule has 3 aromatic rings. The third kappa shape index (κ3) is 5.38. The van der Waals surface area contributed by atoms with E-state index in [-0.39, 0.29) is 22.1 Å². The van der Waals surface area contributed by atoms with Gasteiger partial charge in [0, 0.05) is 26.2 Å². The number of thiazole rings is 1. The lowest BCUT2D eigenvalue weighted by Gasteiger charge is -2.28. The number of fused-ring (bicyclic) bond motifs is 1. The molecule has 1 aliphatic rings. The maximum Gasteiger partial charge on any atom is 0.261 e. The topological polar surface area (TPSA) is 79.8 Å². The summed E-state index contributed by atoms with van der Waals surface area (Å²) in [6.07, 6.45) is 0.720. The second-order valence-electron chi connectivity index (χ2n) is 7.75. The first-order valence-corrected chi connectivity index (χ1v) is 13.7. The van der Waals surface area contributed by atoms with E-state index in [9.17, 15) is 13.2 Å². The Morgan fingerprint density at radius 2 is 1.94 bits per heavy atom. The molecular weight excluding hydrogens is 482 g/mol. The Morgan fingerprint density at radius 1 is 1.18 bits per heavy atom. The summed E-state index contributed by atoms with van der Waals surface area (Å²) in [5.41, 5.74) is 0.802. The van der Waals surface area contributed by atoms with Crippen LogP contribution in [-0.2, 0) is 14.6 Å². The Labute approximate surface area is 202 Å². The average Bonchev–Trinajstić information content (AvgIpc) is 3.27. The van der Waals surface area contributed by atoms with Crippen LogP contribution in [0, 0.1) is 0 Å². The highest BCUT2D eigenvalue weighted by Crippen LogP contribution is 2.34. The fourth-order valence-electron chi connectivity index (χ4n) is 3.80. The van der Waals surface area contributed by atoms with Crippen molar-refractivity contribution in [2.45, 2.75) is 18.2 Å². The largest absolute Gasteiger partial charge is 0.379 e. The Morgan fingerprint density at radius 3 is 2.67 bits per heavy atom. The number of anilines is 1. The van der Waals surface area contributed by atoms with Crippen LogP contribution >= 0.6 is 22.9 Å². The second kappa shape index (κ2) is 10.5. The lowest BCUT2D eigenvalue weighted by atomic mass is 10.2. The van der Waals surface area contributed by atoms with Crippen LogP contribution in [0.4, 0.5) is 5.13 Å². The summed E-state index contributed by atoms with van der Waals surface area (Å²) >= 11 is 7.70. The Bertz CT molecular complexity index is 1240. The molecule has 0 spiro atoms. The van der Waals surface area contributed by atoms with Gasteiger partial charge in [-0.05, 0) is 30.7 Å². The monoisotopic (exact) mass is 507 g/mol. The first kappa shape index (κ1) is 24.1. The van der Waals surface area contributed by atoms with E-state index >= 15 is 0 Å². The number of nitrogens with zero attached hydrogens (tertiary/aromatic N) is 3. The van der Waals surface area contributed by atoms with Gasteiger partial charge in [-0.25, -0.2) is 13.4 Å². The van der Waals surface area contributed by atoms with Crippen molar-refractivity contribution in [1.82, 2.24) is 9.88 Å². The van der Waals surface area contributed by atoms with E-state index in [1.54, 1.807) is 36.1 Å². The number of ether oxygens (including phenoxy) is 1. The minimum Gasteiger partial charge on any atom is -0.379 e. The molecule has 1 aliphatic heterocycles. The predicted molar refractivity (Wildman–Crippen MR) is 132 cm³/mol. The molecule has 0 bridgehead atoms. The van der Waals surface area contributed by atoms with Crippen LogP contribution in [-0.4, -0.2) is 69.4 Å². The first-order valence-electron chi connectivity index (χ1n) is 10.9. The minimum absolute atomic E-state index is 0.0508. The second-order valence-corrected chi connectivity index (χ2v) is 11.4. The molecule has 2 heterocycles. The number of morpholine rings is 1. The summed E-state index contributed by atoms with van der Waals surface area (Å²) in [4.78, 5) is 22.3. The SMILES string of the molecule is CCS(=O)(=O)c1ccccc1C(=O)N(CCCN1CCOCC1)c1nc2c(Cl)cccc2s1. The van der Waals surface area contributed by atoms with Crippen LogP contribution in [0.3, 0.4) is 0 Å². The van der Waals surface area contributed by atoms with Gasteiger partial charge in [0.1, 0.15) is 5.52 Å². The molecule has 1 saturated heterocycles. The van der Waals surface area contributed by atoms with Crippen LogP contribution in [0.25, 0.3) is 10.2 Å². The third-order valence-electron chi connectivity index (χ3n) is 5.63. The highest BCUT2D eigenvalue weighted by Gasteiger charge is 2.27. The Balaban J connectivity index is 1.67. The summed E-state index contributed by atoms with van der Waals surface area (Å²) in [7, 11) is -3.57. The van der Waals surface area contributed by atoms with E-state index in [1.165, 1.54) is 17.4 Å². The van der Waals surface area contributed by atoms with Crippen molar-refractivity contribution in [3.05, 3.63) is 53.1 Å². The number of sulfone groups is 1. The number of carbonyl (C=O) groups excluding carboxylic acids is 1. The standard InChI is InChI=1S/C23H26ClN3O4S2/c1-2-33(29,30)20-10-4-3-7-17(20)22(28)27(12-6-11-26-13-15-31-16-14-26)23-25-21-18(24)8-5-9-19(21)32-23/h3-5,7-10H,2,6,11-16H2,1H3. The normalized spacial score (nSPS) is 15.1. The molecule has 0 atom stereocenters.